The summed E-state index contributed by atoms with van der Waals surface area (Å²) in [4.78, 5) is 72.0. The van der Waals surface area contributed by atoms with E-state index in [4.69, 9.17) is 15.5 Å². The number of amides is 3. The molecule has 3 heterocycles. The Bertz CT molecular complexity index is 2150. The maximum atomic E-state index is 14.2. The van der Waals surface area contributed by atoms with Crippen molar-refractivity contribution < 1.29 is 19.1 Å². The molecule has 6 N–H and O–H groups in total. The molecule has 13 nitrogen and oxygen atoms in total. The van der Waals surface area contributed by atoms with Crippen molar-refractivity contribution in [3.05, 3.63) is 76.0 Å². The number of hydrogen-bond donors (Lipinski definition) is 5. The highest BCUT2D eigenvalue weighted by atomic mass is 16.6. The number of aromatic nitrogens is 5. The van der Waals surface area contributed by atoms with E-state index in [0.29, 0.717) is 48.9 Å². The number of nitrogens with two attached hydrogens (primary N) is 1. The first-order chi connectivity index (χ1) is 24.6. The van der Waals surface area contributed by atoms with E-state index in [0.717, 1.165) is 39.4 Å². The molecule has 3 amide bonds. The lowest BCUT2D eigenvalue weighted by molar-refractivity contribution is -0.130. The lowest BCUT2D eigenvalue weighted by atomic mass is 9.81. The summed E-state index contributed by atoms with van der Waals surface area (Å²) < 4.78 is 5.35. The van der Waals surface area contributed by atoms with Gasteiger partial charge in [-0.2, -0.15) is 0 Å². The number of aromatic amines is 3. The number of alkyl carbamates (subject to hydrolysis) is 1. The number of aryl methyl sites for hydroxylation is 1. The molecule has 3 aromatic heterocycles. The number of nitrogens with zero attached hydrogens (tertiary/aromatic N) is 3. The van der Waals surface area contributed by atoms with Crippen molar-refractivity contribution in [1.82, 2.24) is 30.2 Å². The number of ether oxygens (including phenoxy) is 1. The Labute approximate surface area is 302 Å². The normalized spacial score (nSPS) is 17.0. The zero-order chi connectivity index (χ0) is 37.3. The highest BCUT2D eigenvalue weighted by Gasteiger charge is 2.35. The first-order valence-corrected chi connectivity index (χ1v) is 17.9. The molecule has 1 fully saturated rings. The van der Waals surface area contributed by atoms with Crippen LogP contribution in [0.3, 0.4) is 0 Å². The Balaban J connectivity index is 1.17. The molecule has 1 saturated carbocycles. The molecular formula is C39H48N8O5. The predicted octanol–water partition coefficient (Wildman–Crippen LogP) is 5.99. The molecule has 1 aliphatic rings. The molecule has 0 radical (unpaired) electrons. The van der Waals surface area contributed by atoms with E-state index in [-0.39, 0.29) is 29.9 Å². The van der Waals surface area contributed by atoms with Crippen LogP contribution in [-0.4, -0.2) is 61.0 Å². The SMILES string of the molecule is Cc1cc2nc(C(C)C)[nH]c2nc1-c1ccc(C[C@H](N)C(=O)N(c2ccc3[nH]c(=O)[nH]c3c2)C(=O)[C@H]2CC[C@H](CNC(=O)OC(C)(C)C)CC2)cc1. The van der Waals surface area contributed by atoms with Gasteiger partial charge >= 0.3 is 11.8 Å². The summed E-state index contributed by atoms with van der Waals surface area (Å²) in [6, 6.07) is 13.7. The average Bonchev–Trinajstić information content (AvgIpc) is 3.69. The molecule has 52 heavy (non-hydrogen) atoms. The van der Waals surface area contributed by atoms with Gasteiger partial charge in [0.2, 0.25) is 5.91 Å². The molecular weight excluding hydrogens is 660 g/mol. The molecule has 274 valence electrons. The number of carbonyl (C=O) groups excluding carboxylic acids is 3. The second-order valence-corrected chi connectivity index (χ2v) is 15.2. The van der Waals surface area contributed by atoms with Crippen molar-refractivity contribution in [2.24, 2.45) is 17.6 Å². The van der Waals surface area contributed by atoms with E-state index in [9.17, 15) is 19.2 Å². The Morgan fingerprint density at radius 2 is 1.65 bits per heavy atom. The van der Waals surface area contributed by atoms with E-state index in [1.54, 1.807) is 18.2 Å². The molecule has 5 aromatic rings. The number of hydrogen-bond acceptors (Lipinski definition) is 8. The van der Waals surface area contributed by atoms with Gasteiger partial charge < -0.3 is 30.7 Å². The lowest BCUT2D eigenvalue weighted by Crippen LogP contribution is -2.50. The third-order valence-electron chi connectivity index (χ3n) is 9.56. The summed E-state index contributed by atoms with van der Waals surface area (Å²) in [5.41, 5.74) is 12.2. The van der Waals surface area contributed by atoms with Crippen LogP contribution in [0.5, 0.6) is 0 Å². The number of nitrogens with one attached hydrogen (secondary N) is 4. The Morgan fingerprint density at radius 3 is 2.33 bits per heavy atom. The minimum Gasteiger partial charge on any atom is -0.444 e. The van der Waals surface area contributed by atoms with E-state index in [1.165, 1.54) is 4.90 Å². The van der Waals surface area contributed by atoms with Crippen LogP contribution in [0, 0.1) is 18.8 Å². The fourth-order valence-electron chi connectivity index (χ4n) is 6.79. The van der Waals surface area contributed by atoms with Gasteiger partial charge in [-0.15, -0.1) is 0 Å². The highest BCUT2D eigenvalue weighted by molar-refractivity contribution is 6.17. The number of anilines is 1. The van der Waals surface area contributed by atoms with Crippen molar-refractivity contribution in [3.8, 4) is 11.3 Å². The van der Waals surface area contributed by atoms with Crippen LogP contribution in [0.1, 0.15) is 83.2 Å². The van der Waals surface area contributed by atoms with Crippen molar-refractivity contribution in [1.29, 1.82) is 0 Å². The van der Waals surface area contributed by atoms with Gasteiger partial charge in [0, 0.05) is 23.9 Å². The molecule has 0 bridgehead atoms. The third kappa shape index (κ3) is 8.25. The van der Waals surface area contributed by atoms with Crippen LogP contribution in [-0.2, 0) is 20.7 Å². The maximum absolute atomic E-state index is 14.2. The van der Waals surface area contributed by atoms with Gasteiger partial charge in [-0.3, -0.25) is 9.59 Å². The smallest absolute Gasteiger partial charge is 0.407 e. The van der Waals surface area contributed by atoms with Crippen LogP contribution in [0.25, 0.3) is 33.5 Å². The summed E-state index contributed by atoms with van der Waals surface area (Å²) in [6.07, 6.45) is 2.26. The van der Waals surface area contributed by atoms with Gasteiger partial charge in [-0.1, -0.05) is 38.1 Å². The van der Waals surface area contributed by atoms with Crippen LogP contribution in [0.15, 0.2) is 53.3 Å². The Hall–Kier alpha value is -5.30. The zero-order valence-electron chi connectivity index (χ0n) is 30.6. The van der Waals surface area contributed by atoms with Crippen LogP contribution in [0.2, 0.25) is 0 Å². The molecule has 0 saturated heterocycles. The molecule has 1 aliphatic carbocycles. The first kappa shape index (κ1) is 36.5. The van der Waals surface area contributed by atoms with E-state index < -0.39 is 29.6 Å². The molecule has 0 spiro atoms. The number of rotatable bonds is 9. The van der Waals surface area contributed by atoms with Crippen molar-refractivity contribution >= 4 is 45.8 Å². The monoisotopic (exact) mass is 708 g/mol. The number of imide groups is 1. The Morgan fingerprint density at radius 1 is 0.962 bits per heavy atom. The maximum Gasteiger partial charge on any atom is 0.407 e. The second kappa shape index (κ2) is 14.7. The number of H-pyrrole nitrogens is 3. The average molecular weight is 709 g/mol. The van der Waals surface area contributed by atoms with Crippen LogP contribution in [0.4, 0.5) is 10.5 Å². The topological polar surface area (TPSA) is 192 Å². The predicted molar refractivity (Wildman–Crippen MR) is 201 cm³/mol. The number of imidazole rings is 2. The summed E-state index contributed by atoms with van der Waals surface area (Å²) in [6.45, 7) is 12.1. The minimum absolute atomic E-state index is 0.185. The second-order valence-electron chi connectivity index (χ2n) is 15.2. The van der Waals surface area contributed by atoms with Gasteiger partial charge in [-0.25, -0.2) is 24.5 Å². The summed E-state index contributed by atoms with van der Waals surface area (Å²) in [5.74, 6) is 0.0675. The standard InChI is InChI=1S/C39H48N8O5/c1-21(2)33-42-31-17-22(3)32(45-34(31)46-33)25-11-7-23(8-12-25)18-28(40)36(49)47(27-15-16-29-30(19-27)44-37(50)43-29)35(48)26-13-9-24(10-14-26)20-41-38(51)52-39(4,5)6/h7-8,11-12,15-17,19,21,24,26,28H,9-10,13-14,18,20,40H2,1-6H3,(H,41,51)(H,42,45,46)(H2,43,44,50)/t24-,26-,28-/m0/s1. The Kier molecular flexibility index (Phi) is 10.3. The van der Waals surface area contributed by atoms with Crippen molar-refractivity contribution in [3.63, 3.8) is 0 Å². The third-order valence-corrected chi connectivity index (χ3v) is 9.56. The van der Waals surface area contributed by atoms with Gasteiger partial charge in [0.15, 0.2) is 5.65 Å². The molecule has 2 aromatic carbocycles. The lowest BCUT2D eigenvalue weighted by Gasteiger charge is -2.32. The molecule has 6 rings (SSSR count). The van der Waals surface area contributed by atoms with E-state index >= 15 is 0 Å². The number of benzene rings is 2. The van der Waals surface area contributed by atoms with Crippen molar-refractivity contribution in [2.45, 2.75) is 91.2 Å². The van der Waals surface area contributed by atoms with Gasteiger partial charge in [0.1, 0.15) is 16.9 Å². The molecule has 13 heteroatoms. The largest absolute Gasteiger partial charge is 0.444 e. The first-order valence-electron chi connectivity index (χ1n) is 17.9. The van der Waals surface area contributed by atoms with Gasteiger partial charge in [-0.05, 0) is 101 Å². The summed E-state index contributed by atoms with van der Waals surface area (Å²) >= 11 is 0. The van der Waals surface area contributed by atoms with E-state index in [2.05, 4.69) is 39.1 Å². The zero-order valence-corrected chi connectivity index (χ0v) is 30.6. The number of carbonyl (C=O) groups is 3. The van der Waals surface area contributed by atoms with Gasteiger partial charge in [0.05, 0.1) is 28.5 Å². The molecule has 0 unspecified atom stereocenters. The quantitative estimate of drug-likeness (QED) is 0.123. The minimum atomic E-state index is -1.01. The molecule has 0 aliphatic heterocycles. The van der Waals surface area contributed by atoms with Crippen LogP contribution < -0.4 is 21.6 Å². The fraction of sp³-hybridized carbons (Fsp3) is 0.436. The molecule has 1 atom stereocenters. The highest BCUT2D eigenvalue weighted by Crippen LogP contribution is 2.33. The van der Waals surface area contributed by atoms with E-state index in [1.807, 2.05) is 58.0 Å². The summed E-state index contributed by atoms with van der Waals surface area (Å²) in [5, 5.41) is 2.84. The fourth-order valence-corrected chi connectivity index (χ4v) is 6.79. The van der Waals surface area contributed by atoms with Crippen molar-refractivity contribution in [2.75, 3.05) is 11.4 Å². The van der Waals surface area contributed by atoms with Gasteiger partial charge in [0.25, 0.3) is 5.91 Å². The van der Waals surface area contributed by atoms with Crippen LogP contribution >= 0.6 is 0 Å². The number of fused-ring (bicyclic) bond motifs is 2. The number of pyridine rings is 1. The summed E-state index contributed by atoms with van der Waals surface area (Å²) in [7, 11) is 0.